The van der Waals surface area contributed by atoms with Gasteiger partial charge in [0.2, 0.25) is 11.4 Å². The van der Waals surface area contributed by atoms with Crippen LogP contribution in [0.15, 0.2) is 48.5 Å². The Bertz CT molecular complexity index is 955. The minimum Gasteiger partial charge on any atom is -0.322 e. The summed E-state index contributed by atoms with van der Waals surface area (Å²) < 4.78 is 6.18. The molecule has 0 radical (unpaired) electrons. The molecule has 0 aromatic heterocycles. The van der Waals surface area contributed by atoms with E-state index in [-0.39, 0.29) is 11.7 Å². The zero-order valence-electron chi connectivity index (χ0n) is 12.9. The summed E-state index contributed by atoms with van der Waals surface area (Å²) in [5.41, 5.74) is 1.86. The van der Waals surface area contributed by atoms with Crippen molar-refractivity contribution < 1.29 is 14.3 Å². The van der Waals surface area contributed by atoms with Crippen molar-refractivity contribution in [3.05, 3.63) is 59.7 Å². The first kappa shape index (κ1) is 12.7. The Morgan fingerprint density at radius 1 is 0.917 bits per heavy atom. The normalized spacial score (nSPS) is 31.8. The maximum atomic E-state index is 13.3. The first-order chi connectivity index (χ1) is 11.7. The summed E-state index contributed by atoms with van der Waals surface area (Å²) in [6, 6.07) is 14.9. The van der Waals surface area contributed by atoms with Crippen molar-refractivity contribution in [2.24, 2.45) is 0 Å². The number of fused-ring (bicyclic) bond motifs is 4. The van der Waals surface area contributed by atoms with E-state index >= 15 is 0 Å². The first-order valence-electron chi connectivity index (χ1n) is 8.26. The molecule has 1 amide bonds. The highest BCUT2D eigenvalue weighted by atomic mass is 16.7. The zero-order valence-corrected chi connectivity index (χ0v) is 12.9. The summed E-state index contributed by atoms with van der Waals surface area (Å²) in [6.07, 6.45) is 1.52. The molecule has 5 nitrogen and oxygen atoms in total. The number of rotatable bonds is 0. The zero-order chi connectivity index (χ0) is 16.1. The van der Waals surface area contributed by atoms with Crippen LogP contribution in [0.25, 0.3) is 0 Å². The van der Waals surface area contributed by atoms with Gasteiger partial charge in [0.1, 0.15) is 0 Å². The summed E-state index contributed by atoms with van der Waals surface area (Å²) in [6.45, 7) is 0.776. The fraction of sp³-hybridized carbons (Fsp3) is 0.263. The van der Waals surface area contributed by atoms with Crippen molar-refractivity contribution in [1.82, 2.24) is 0 Å². The Kier molecular flexibility index (Phi) is 1.96. The summed E-state index contributed by atoms with van der Waals surface area (Å²) in [4.78, 5) is 30.3. The number of hydrogen-bond donors (Lipinski definition) is 0. The molecule has 0 N–H and O–H groups in total. The number of amides is 1. The van der Waals surface area contributed by atoms with Gasteiger partial charge in [-0.05, 0) is 37.1 Å². The number of carbonyl (C=O) groups is 2. The molecule has 2 saturated heterocycles. The van der Waals surface area contributed by atoms with Gasteiger partial charge in [0.15, 0.2) is 0 Å². The average Bonchev–Trinajstić information content (AvgIpc) is 3.32. The van der Waals surface area contributed by atoms with Gasteiger partial charge in [-0.2, -0.15) is 0 Å². The van der Waals surface area contributed by atoms with Crippen LogP contribution in [0.2, 0.25) is 0 Å². The molecule has 4 aliphatic rings. The highest BCUT2D eigenvalue weighted by molar-refractivity contribution is 6.23. The topological polar surface area (TPSA) is 53.2 Å². The van der Waals surface area contributed by atoms with E-state index in [1.54, 1.807) is 11.0 Å². The largest absolute Gasteiger partial charge is 0.322 e. The van der Waals surface area contributed by atoms with E-state index in [4.69, 9.17) is 4.74 Å². The van der Waals surface area contributed by atoms with Crippen LogP contribution in [0.1, 0.15) is 33.6 Å². The van der Waals surface area contributed by atoms with Gasteiger partial charge in [-0.3, -0.25) is 14.5 Å². The van der Waals surface area contributed by atoms with Gasteiger partial charge in [0, 0.05) is 12.1 Å². The lowest BCUT2D eigenvalue weighted by Gasteiger charge is -2.49. The van der Waals surface area contributed by atoms with E-state index in [9.17, 15) is 9.59 Å². The standard InChI is InChI=1S/C19H14N2O3/c22-16-12-6-1-4-9-15(12)21-17(23)13-7-2-3-8-14(13)20-11-5-10-18(16)19(20,21)24-18/h1-4,6-9H,5,10-11H2/t18-,19+/m1/s1. The third-order valence-electron chi connectivity index (χ3n) is 5.77. The van der Waals surface area contributed by atoms with Crippen molar-refractivity contribution in [2.75, 3.05) is 16.3 Å². The van der Waals surface area contributed by atoms with Gasteiger partial charge < -0.3 is 9.64 Å². The van der Waals surface area contributed by atoms with E-state index in [0.29, 0.717) is 23.2 Å². The highest BCUT2D eigenvalue weighted by Gasteiger charge is 2.85. The molecule has 4 heterocycles. The smallest absolute Gasteiger partial charge is 0.268 e. The van der Waals surface area contributed by atoms with Crippen LogP contribution in [-0.4, -0.2) is 29.7 Å². The first-order valence-corrected chi connectivity index (χ1v) is 8.26. The summed E-state index contributed by atoms with van der Waals surface area (Å²) in [5.74, 6) is -1.06. The molecular weight excluding hydrogens is 304 g/mol. The average molecular weight is 318 g/mol. The molecule has 6 rings (SSSR count). The second-order valence-corrected chi connectivity index (χ2v) is 6.80. The van der Waals surface area contributed by atoms with Gasteiger partial charge in [0.05, 0.1) is 16.9 Å². The van der Waals surface area contributed by atoms with E-state index in [1.165, 1.54) is 0 Å². The lowest BCUT2D eigenvalue weighted by molar-refractivity contribution is 0.0857. The van der Waals surface area contributed by atoms with Crippen molar-refractivity contribution in [2.45, 2.75) is 24.3 Å². The molecule has 118 valence electrons. The predicted molar refractivity (Wildman–Crippen MR) is 87.2 cm³/mol. The number of piperidine rings is 1. The third-order valence-corrected chi connectivity index (χ3v) is 5.77. The van der Waals surface area contributed by atoms with Gasteiger partial charge >= 0.3 is 0 Å². The van der Waals surface area contributed by atoms with Crippen LogP contribution in [-0.2, 0) is 4.74 Å². The minimum atomic E-state index is -0.970. The van der Waals surface area contributed by atoms with Crippen molar-refractivity contribution >= 4 is 23.1 Å². The van der Waals surface area contributed by atoms with Gasteiger partial charge in [0.25, 0.3) is 11.8 Å². The molecule has 0 saturated carbocycles. The third kappa shape index (κ3) is 1.09. The van der Waals surface area contributed by atoms with Crippen LogP contribution in [0, 0.1) is 0 Å². The number of epoxide rings is 1. The Labute approximate surface area is 138 Å². The predicted octanol–water partition coefficient (Wildman–Crippen LogP) is 2.57. The van der Waals surface area contributed by atoms with Gasteiger partial charge in [-0.15, -0.1) is 0 Å². The number of Topliss-reactive ketones (excluding diaryl/α,β-unsaturated/α-hetero) is 1. The quantitative estimate of drug-likeness (QED) is 0.701. The van der Waals surface area contributed by atoms with Gasteiger partial charge in [-0.25, -0.2) is 0 Å². The lowest BCUT2D eigenvalue weighted by atomic mass is 9.80. The van der Waals surface area contributed by atoms with Crippen LogP contribution in [0.3, 0.4) is 0 Å². The number of nitrogens with zero attached hydrogens (tertiary/aromatic N) is 2. The molecule has 24 heavy (non-hydrogen) atoms. The molecule has 1 spiro atoms. The van der Waals surface area contributed by atoms with Gasteiger partial charge in [-0.1, -0.05) is 24.3 Å². The van der Waals surface area contributed by atoms with Crippen LogP contribution < -0.4 is 9.80 Å². The monoisotopic (exact) mass is 318 g/mol. The highest BCUT2D eigenvalue weighted by Crippen LogP contribution is 2.66. The van der Waals surface area contributed by atoms with Crippen molar-refractivity contribution in [1.29, 1.82) is 0 Å². The van der Waals surface area contributed by atoms with E-state index in [1.807, 2.05) is 42.5 Å². The number of para-hydroxylation sites is 2. The molecular formula is C19H14N2O3. The SMILES string of the molecule is O=C1c2ccccc2N2CCC[C@]34O[C@]23N1c1ccccc1C4=O. The Morgan fingerprint density at radius 2 is 1.62 bits per heavy atom. The summed E-state index contributed by atoms with van der Waals surface area (Å²) in [7, 11) is 0. The second-order valence-electron chi connectivity index (χ2n) is 6.80. The van der Waals surface area contributed by atoms with Crippen LogP contribution in [0.5, 0.6) is 0 Å². The van der Waals surface area contributed by atoms with E-state index < -0.39 is 11.4 Å². The fourth-order valence-electron chi connectivity index (χ4n) is 4.78. The number of anilines is 2. The van der Waals surface area contributed by atoms with Crippen molar-refractivity contribution in [3.63, 3.8) is 0 Å². The van der Waals surface area contributed by atoms with Crippen LogP contribution >= 0.6 is 0 Å². The number of ketones is 1. The van der Waals surface area contributed by atoms with Crippen molar-refractivity contribution in [3.8, 4) is 0 Å². The molecule has 0 aliphatic carbocycles. The lowest BCUT2D eigenvalue weighted by Crippen LogP contribution is -2.67. The second kappa shape index (κ2) is 3.70. The fourth-order valence-corrected chi connectivity index (χ4v) is 4.78. The molecule has 2 atom stereocenters. The maximum Gasteiger partial charge on any atom is 0.268 e. The van der Waals surface area contributed by atoms with Crippen LogP contribution in [0.4, 0.5) is 11.4 Å². The maximum absolute atomic E-state index is 13.3. The molecule has 0 unspecified atom stereocenters. The minimum absolute atomic E-state index is 0.00577. The molecule has 2 aromatic rings. The number of hydrogen-bond acceptors (Lipinski definition) is 4. The summed E-state index contributed by atoms with van der Waals surface area (Å²) >= 11 is 0. The molecule has 4 aliphatic heterocycles. The summed E-state index contributed by atoms with van der Waals surface area (Å²) in [5, 5.41) is 0. The van der Waals surface area contributed by atoms with E-state index in [2.05, 4.69) is 4.90 Å². The Balaban J connectivity index is 1.72. The number of carbonyl (C=O) groups excluding carboxylic acids is 2. The number of ether oxygens (including phenoxy) is 1. The molecule has 2 fully saturated rings. The molecule has 0 bridgehead atoms. The molecule has 5 heteroatoms. The van der Waals surface area contributed by atoms with E-state index in [0.717, 1.165) is 18.7 Å². The Hall–Kier alpha value is -2.66. The Morgan fingerprint density at radius 3 is 2.46 bits per heavy atom. The molecule has 2 aromatic carbocycles. The number of benzene rings is 2.